The normalized spacial score (nSPS) is 10.3. The Morgan fingerprint density at radius 2 is 1.89 bits per heavy atom. The summed E-state index contributed by atoms with van der Waals surface area (Å²) in [6.07, 6.45) is 0. The second kappa shape index (κ2) is 5.92. The number of hydrogen-bond acceptors (Lipinski definition) is 2. The van der Waals surface area contributed by atoms with Gasteiger partial charge in [0.15, 0.2) is 5.78 Å². The quantitative estimate of drug-likeness (QED) is 0.574. The summed E-state index contributed by atoms with van der Waals surface area (Å²) in [5.74, 6) is 0.499. The van der Waals surface area contributed by atoms with Crippen molar-refractivity contribution in [1.82, 2.24) is 0 Å². The van der Waals surface area contributed by atoms with Gasteiger partial charge in [-0.3, -0.25) is 4.79 Å². The molecule has 0 saturated carbocycles. The predicted octanol–water partition coefficient (Wildman–Crippen LogP) is 4.49. The Labute approximate surface area is 130 Å². The van der Waals surface area contributed by atoms with Gasteiger partial charge in [0, 0.05) is 14.2 Å². The maximum Gasteiger partial charge on any atom is 0.197 e. The zero-order chi connectivity index (χ0) is 14.0. The highest BCUT2D eigenvalue weighted by Crippen LogP contribution is 2.26. The van der Waals surface area contributed by atoms with Crippen molar-refractivity contribution >= 4 is 40.0 Å². The highest BCUT2D eigenvalue weighted by atomic mass is 127. The number of rotatable bonds is 3. The van der Waals surface area contributed by atoms with Crippen molar-refractivity contribution in [3.63, 3.8) is 0 Å². The topological polar surface area (TPSA) is 26.3 Å². The average Bonchev–Trinajstić information content (AvgIpc) is 2.40. The van der Waals surface area contributed by atoms with Gasteiger partial charge in [-0.15, -0.1) is 0 Å². The van der Waals surface area contributed by atoms with E-state index in [4.69, 9.17) is 16.3 Å². The first-order valence-electron chi connectivity index (χ1n) is 5.67. The number of aryl methyl sites for hydroxylation is 1. The molecule has 0 amide bonds. The minimum atomic E-state index is -0.0764. The number of methoxy groups -OCH3 is 1. The van der Waals surface area contributed by atoms with Gasteiger partial charge in [-0.05, 0) is 59.8 Å². The zero-order valence-corrected chi connectivity index (χ0v) is 13.4. The third-order valence-corrected chi connectivity index (χ3v) is 3.95. The summed E-state index contributed by atoms with van der Waals surface area (Å²) in [4.78, 5) is 12.6. The van der Waals surface area contributed by atoms with Gasteiger partial charge in [0.1, 0.15) is 5.75 Å². The molecule has 2 nitrogen and oxygen atoms in total. The number of carbonyl (C=O) groups is 1. The summed E-state index contributed by atoms with van der Waals surface area (Å²) in [7, 11) is 1.56. The SMILES string of the molecule is COc1ccc(C)cc1C(=O)c1cc(Cl)ccc1I. The molecule has 0 saturated heterocycles. The molecule has 0 aliphatic heterocycles. The van der Waals surface area contributed by atoms with Gasteiger partial charge in [-0.25, -0.2) is 0 Å². The number of benzene rings is 2. The fourth-order valence-corrected chi connectivity index (χ4v) is 2.57. The standard InChI is InChI=1S/C15H12ClIO2/c1-9-3-6-14(19-2)12(7-9)15(18)11-8-10(16)4-5-13(11)17/h3-8H,1-2H3. The second-order valence-corrected chi connectivity index (χ2v) is 5.76. The van der Waals surface area contributed by atoms with Gasteiger partial charge in [0.05, 0.1) is 12.7 Å². The highest BCUT2D eigenvalue weighted by Gasteiger charge is 2.17. The van der Waals surface area contributed by atoms with E-state index in [9.17, 15) is 4.79 Å². The molecule has 0 fully saturated rings. The van der Waals surface area contributed by atoms with Crippen molar-refractivity contribution in [2.24, 2.45) is 0 Å². The largest absolute Gasteiger partial charge is 0.496 e. The molecule has 0 bridgehead atoms. The molecule has 0 aromatic heterocycles. The van der Waals surface area contributed by atoms with Crippen LogP contribution in [0.2, 0.25) is 5.02 Å². The molecule has 0 aliphatic rings. The van der Waals surface area contributed by atoms with Crippen LogP contribution in [0.1, 0.15) is 21.5 Å². The lowest BCUT2D eigenvalue weighted by Crippen LogP contribution is -2.06. The smallest absolute Gasteiger partial charge is 0.197 e. The van der Waals surface area contributed by atoms with Crippen molar-refractivity contribution in [2.75, 3.05) is 7.11 Å². The Hall–Kier alpha value is -1.07. The molecule has 4 heteroatoms. The third kappa shape index (κ3) is 3.09. The Kier molecular flexibility index (Phi) is 4.47. The van der Waals surface area contributed by atoms with Crippen molar-refractivity contribution in [3.05, 3.63) is 61.7 Å². The lowest BCUT2D eigenvalue weighted by atomic mass is 10.0. The van der Waals surface area contributed by atoms with Crippen molar-refractivity contribution in [1.29, 1.82) is 0 Å². The van der Waals surface area contributed by atoms with Crippen molar-refractivity contribution in [2.45, 2.75) is 6.92 Å². The number of carbonyl (C=O) groups excluding carboxylic acids is 1. The van der Waals surface area contributed by atoms with Gasteiger partial charge in [-0.1, -0.05) is 23.2 Å². The Morgan fingerprint density at radius 1 is 1.16 bits per heavy atom. The van der Waals surface area contributed by atoms with Gasteiger partial charge in [0.25, 0.3) is 0 Å². The highest BCUT2D eigenvalue weighted by molar-refractivity contribution is 14.1. The monoisotopic (exact) mass is 386 g/mol. The Balaban J connectivity index is 2.55. The van der Waals surface area contributed by atoms with Crippen molar-refractivity contribution in [3.8, 4) is 5.75 Å². The lowest BCUT2D eigenvalue weighted by molar-refractivity contribution is 0.103. The number of halogens is 2. The minimum Gasteiger partial charge on any atom is -0.496 e. The van der Waals surface area contributed by atoms with E-state index in [1.807, 2.05) is 25.1 Å². The number of hydrogen-bond donors (Lipinski definition) is 0. The van der Waals surface area contributed by atoms with Gasteiger partial charge >= 0.3 is 0 Å². The maximum absolute atomic E-state index is 12.6. The summed E-state index contributed by atoms with van der Waals surface area (Å²) in [6.45, 7) is 1.94. The maximum atomic E-state index is 12.6. The summed E-state index contributed by atoms with van der Waals surface area (Å²) >= 11 is 8.10. The molecule has 98 valence electrons. The van der Waals surface area contributed by atoms with Crippen LogP contribution >= 0.6 is 34.2 Å². The van der Waals surface area contributed by atoms with Crippen LogP contribution in [0, 0.1) is 10.5 Å². The van der Waals surface area contributed by atoms with Crippen LogP contribution in [-0.4, -0.2) is 12.9 Å². The molecule has 0 N–H and O–H groups in total. The molecule has 0 aliphatic carbocycles. The van der Waals surface area contributed by atoms with Gasteiger partial charge in [-0.2, -0.15) is 0 Å². The Bertz CT molecular complexity index is 638. The first-order chi connectivity index (χ1) is 9.02. The van der Waals surface area contributed by atoms with Gasteiger partial charge in [0.2, 0.25) is 0 Å². The molecule has 19 heavy (non-hydrogen) atoms. The summed E-state index contributed by atoms with van der Waals surface area (Å²) < 4.78 is 6.13. The van der Waals surface area contributed by atoms with Crippen LogP contribution in [0.3, 0.4) is 0 Å². The van der Waals surface area contributed by atoms with Crippen LogP contribution < -0.4 is 4.74 Å². The molecule has 2 rings (SSSR count). The van der Waals surface area contributed by atoms with E-state index in [2.05, 4.69) is 22.6 Å². The van der Waals surface area contributed by atoms with E-state index in [-0.39, 0.29) is 5.78 Å². The fourth-order valence-electron chi connectivity index (χ4n) is 1.82. The summed E-state index contributed by atoms with van der Waals surface area (Å²) in [6, 6.07) is 10.8. The third-order valence-electron chi connectivity index (χ3n) is 2.77. The first-order valence-corrected chi connectivity index (χ1v) is 7.13. The van der Waals surface area contributed by atoms with Gasteiger partial charge < -0.3 is 4.74 Å². The molecular formula is C15H12ClIO2. The van der Waals surface area contributed by atoms with E-state index in [0.717, 1.165) is 9.13 Å². The predicted molar refractivity (Wildman–Crippen MR) is 85.3 cm³/mol. The van der Waals surface area contributed by atoms with Crippen LogP contribution in [-0.2, 0) is 0 Å². The van der Waals surface area contributed by atoms with Crippen LogP contribution in [0.25, 0.3) is 0 Å². The summed E-state index contributed by atoms with van der Waals surface area (Å²) in [5.41, 5.74) is 2.17. The minimum absolute atomic E-state index is 0.0764. The van der Waals surface area contributed by atoms with Crippen LogP contribution in [0.5, 0.6) is 5.75 Å². The molecule has 0 unspecified atom stereocenters. The van der Waals surface area contributed by atoms with E-state index in [1.165, 1.54) is 0 Å². The lowest BCUT2D eigenvalue weighted by Gasteiger charge is -2.10. The van der Waals surface area contributed by atoms with E-state index in [0.29, 0.717) is 21.9 Å². The van der Waals surface area contributed by atoms with Crippen LogP contribution in [0.15, 0.2) is 36.4 Å². The fraction of sp³-hybridized carbons (Fsp3) is 0.133. The molecule has 2 aromatic rings. The molecule has 2 aromatic carbocycles. The number of ether oxygens (including phenoxy) is 1. The van der Waals surface area contributed by atoms with Crippen LogP contribution in [0.4, 0.5) is 0 Å². The summed E-state index contributed by atoms with van der Waals surface area (Å²) in [5, 5.41) is 0.551. The second-order valence-electron chi connectivity index (χ2n) is 4.16. The van der Waals surface area contributed by atoms with E-state index >= 15 is 0 Å². The Morgan fingerprint density at radius 3 is 2.58 bits per heavy atom. The van der Waals surface area contributed by atoms with E-state index < -0.39 is 0 Å². The first kappa shape index (κ1) is 14.3. The molecular weight excluding hydrogens is 375 g/mol. The molecule has 0 atom stereocenters. The zero-order valence-electron chi connectivity index (χ0n) is 10.5. The molecule has 0 spiro atoms. The van der Waals surface area contributed by atoms with Crippen molar-refractivity contribution < 1.29 is 9.53 Å². The molecule has 0 radical (unpaired) electrons. The average molecular weight is 387 g/mol. The molecule has 0 heterocycles. The number of ketones is 1. The van der Waals surface area contributed by atoms with E-state index in [1.54, 1.807) is 25.3 Å².